The third kappa shape index (κ3) is 2.61. The van der Waals surface area contributed by atoms with Crippen LogP contribution in [0.4, 0.5) is 4.39 Å². The summed E-state index contributed by atoms with van der Waals surface area (Å²) in [5.74, 6) is -0.373. The van der Waals surface area contributed by atoms with Gasteiger partial charge in [0.1, 0.15) is 23.9 Å². The minimum Gasteiger partial charge on any atom is -0.310 e. The van der Waals surface area contributed by atoms with Gasteiger partial charge in [-0.25, -0.2) is 14.1 Å². The second kappa shape index (κ2) is 5.59. The van der Waals surface area contributed by atoms with Crippen molar-refractivity contribution < 1.29 is 4.39 Å². The van der Waals surface area contributed by atoms with Gasteiger partial charge >= 0.3 is 0 Å². The Bertz CT molecular complexity index is 614. The van der Waals surface area contributed by atoms with E-state index in [4.69, 9.17) is 5.26 Å². The van der Waals surface area contributed by atoms with Gasteiger partial charge in [-0.1, -0.05) is 19.1 Å². The molecule has 0 spiro atoms. The van der Waals surface area contributed by atoms with Gasteiger partial charge in [0.2, 0.25) is 0 Å². The molecule has 0 fully saturated rings. The van der Waals surface area contributed by atoms with E-state index in [9.17, 15) is 4.39 Å². The summed E-state index contributed by atoms with van der Waals surface area (Å²) in [4.78, 5) is 3.80. The first-order chi connectivity index (χ1) is 9.17. The molecule has 0 aliphatic heterocycles. The van der Waals surface area contributed by atoms with Crippen LogP contribution in [0.2, 0.25) is 0 Å². The molecule has 0 saturated carbocycles. The Hall–Kier alpha value is -2.26. The van der Waals surface area contributed by atoms with Gasteiger partial charge in [0.05, 0.1) is 0 Å². The second-order valence-electron chi connectivity index (χ2n) is 4.08. The molecule has 5 nitrogen and oxygen atoms in total. The lowest BCUT2D eigenvalue weighted by molar-refractivity contribution is 0.569. The van der Waals surface area contributed by atoms with Crippen molar-refractivity contribution in [3.63, 3.8) is 0 Å². The van der Waals surface area contributed by atoms with E-state index in [-0.39, 0.29) is 11.9 Å². The maximum absolute atomic E-state index is 14.1. The molecule has 0 saturated heterocycles. The molecule has 2 rings (SSSR count). The standard InChI is InChI=1S/C13H14FN5/c1-3-16-9(2)10-5-4-6-11(14)13(10)19-8-17-12(7-15)18-19/h4-6,8-9,16H,3H2,1-2H3. The zero-order valence-electron chi connectivity index (χ0n) is 10.8. The molecule has 0 amide bonds. The molecule has 1 atom stereocenters. The van der Waals surface area contributed by atoms with Crippen molar-refractivity contribution in [3.8, 4) is 11.8 Å². The quantitative estimate of drug-likeness (QED) is 0.911. The lowest BCUT2D eigenvalue weighted by atomic mass is 10.1. The summed E-state index contributed by atoms with van der Waals surface area (Å²) in [5.41, 5.74) is 1.10. The van der Waals surface area contributed by atoms with Crippen LogP contribution in [0.5, 0.6) is 0 Å². The van der Waals surface area contributed by atoms with E-state index < -0.39 is 5.82 Å². The van der Waals surface area contributed by atoms with E-state index in [1.807, 2.05) is 26.0 Å². The summed E-state index contributed by atoms with van der Waals surface area (Å²) in [6.45, 7) is 4.71. The van der Waals surface area contributed by atoms with Crippen molar-refractivity contribution in [1.29, 1.82) is 5.26 Å². The highest BCUT2D eigenvalue weighted by atomic mass is 19.1. The fourth-order valence-electron chi connectivity index (χ4n) is 1.96. The first-order valence-electron chi connectivity index (χ1n) is 6.01. The molecule has 1 unspecified atom stereocenters. The highest BCUT2D eigenvalue weighted by Gasteiger charge is 2.16. The van der Waals surface area contributed by atoms with Crippen molar-refractivity contribution >= 4 is 0 Å². The zero-order valence-corrected chi connectivity index (χ0v) is 10.8. The maximum atomic E-state index is 14.1. The number of aromatic nitrogens is 3. The maximum Gasteiger partial charge on any atom is 0.252 e. The smallest absolute Gasteiger partial charge is 0.252 e. The molecule has 0 aliphatic rings. The molecule has 0 bridgehead atoms. The summed E-state index contributed by atoms with van der Waals surface area (Å²) < 4.78 is 15.4. The lowest BCUT2D eigenvalue weighted by Crippen LogP contribution is -2.20. The summed E-state index contributed by atoms with van der Waals surface area (Å²) >= 11 is 0. The summed E-state index contributed by atoms with van der Waals surface area (Å²) in [6, 6.07) is 6.66. The van der Waals surface area contributed by atoms with Gasteiger partial charge in [-0.15, -0.1) is 5.10 Å². The summed E-state index contributed by atoms with van der Waals surface area (Å²) in [5, 5.41) is 15.9. The Morgan fingerprint density at radius 2 is 2.32 bits per heavy atom. The predicted molar refractivity (Wildman–Crippen MR) is 68.1 cm³/mol. The van der Waals surface area contributed by atoms with Crippen LogP contribution in [0, 0.1) is 17.1 Å². The first kappa shape index (κ1) is 13.2. The summed E-state index contributed by atoms with van der Waals surface area (Å²) in [7, 11) is 0. The van der Waals surface area contributed by atoms with E-state index in [0.717, 1.165) is 12.1 Å². The first-order valence-corrected chi connectivity index (χ1v) is 6.01. The topological polar surface area (TPSA) is 66.5 Å². The number of hydrogen-bond donors (Lipinski definition) is 1. The van der Waals surface area contributed by atoms with Crippen LogP contribution in [0.1, 0.15) is 31.3 Å². The van der Waals surface area contributed by atoms with Crippen LogP contribution < -0.4 is 5.32 Å². The lowest BCUT2D eigenvalue weighted by Gasteiger charge is -2.17. The number of benzene rings is 1. The molecular formula is C13H14FN5. The SMILES string of the molecule is CCNC(C)c1cccc(F)c1-n1cnc(C#N)n1. The van der Waals surface area contributed by atoms with Gasteiger partial charge in [0.25, 0.3) is 5.82 Å². The molecule has 98 valence electrons. The van der Waals surface area contributed by atoms with Crippen molar-refractivity contribution in [2.45, 2.75) is 19.9 Å². The highest BCUT2D eigenvalue weighted by molar-refractivity contribution is 5.43. The van der Waals surface area contributed by atoms with E-state index >= 15 is 0 Å². The third-order valence-corrected chi connectivity index (χ3v) is 2.82. The Kier molecular flexibility index (Phi) is 3.88. The fourth-order valence-corrected chi connectivity index (χ4v) is 1.96. The van der Waals surface area contributed by atoms with Gasteiger partial charge in [-0.2, -0.15) is 5.26 Å². The van der Waals surface area contributed by atoms with Gasteiger partial charge in [-0.3, -0.25) is 0 Å². The Morgan fingerprint density at radius 1 is 1.53 bits per heavy atom. The number of hydrogen-bond acceptors (Lipinski definition) is 4. The Labute approximate surface area is 110 Å². The van der Waals surface area contributed by atoms with E-state index in [1.54, 1.807) is 6.07 Å². The number of para-hydroxylation sites is 1. The van der Waals surface area contributed by atoms with Gasteiger partial charge in [0.15, 0.2) is 0 Å². The Morgan fingerprint density at radius 3 is 2.95 bits per heavy atom. The molecule has 0 radical (unpaired) electrons. The molecule has 2 aromatic rings. The average molecular weight is 259 g/mol. The molecule has 6 heteroatoms. The van der Waals surface area contributed by atoms with Crippen LogP contribution in [0.15, 0.2) is 24.5 Å². The fraction of sp³-hybridized carbons (Fsp3) is 0.308. The van der Waals surface area contributed by atoms with Crippen LogP contribution in [0.3, 0.4) is 0 Å². The number of rotatable bonds is 4. The van der Waals surface area contributed by atoms with E-state index in [2.05, 4.69) is 15.4 Å². The zero-order chi connectivity index (χ0) is 13.8. The van der Waals surface area contributed by atoms with E-state index in [1.165, 1.54) is 17.1 Å². The van der Waals surface area contributed by atoms with Crippen LogP contribution in [-0.4, -0.2) is 21.3 Å². The number of nitrogens with one attached hydrogen (secondary N) is 1. The van der Waals surface area contributed by atoms with Crippen LogP contribution >= 0.6 is 0 Å². The predicted octanol–water partition coefficient (Wildman–Crippen LogP) is 1.95. The van der Waals surface area contributed by atoms with E-state index in [0.29, 0.717) is 5.69 Å². The molecule has 1 heterocycles. The van der Waals surface area contributed by atoms with Gasteiger partial charge < -0.3 is 5.32 Å². The molecule has 19 heavy (non-hydrogen) atoms. The van der Waals surface area contributed by atoms with Crippen molar-refractivity contribution in [2.24, 2.45) is 0 Å². The monoisotopic (exact) mass is 259 g/mol. The average Bonchev–Trinajstić information content (AvgIpc) is 2.87. The second-order valence-corrected chi connectivity index (χ2v) is 4.08. The number of nitriles is 1. The molecule has 1 N–H and O–H groups in total. The van der Waals surface area contributed by atoms with Crippen molar-refractivity contribution in [2.75, 3.05) is 6.54 Å². The third-order valence-electron chi connectivity index (χ3n) is 2.82. The van der Waals surface area contributed by atoms with Crippen LogP contribution in [0.25, 0.3) is 5.69 Å². The van der Waals surface area contributed by atoms with Crippen LogP contribution in [-0.2, 0) is 0 Å². The Balaban J connectivity index is 2.52. The molecule has 1 aromatic carbocycles. The minimum atomic E-state index is -0.392. The summed E-state index contributed by atoms with van der Waals surface area (Å²) in [6.07, 6.45) is 1.35. The normalized spacial score (nSPS) is 12.1. The number of halogens is 1. The molecule has 0 aliphatic carbocycles. The van der Waals surface area contributed by atoms with Crippen molar-refractivity contribution in [3.05, 3.63) is 41.7 Å². The molecule has 1 aromatic heterocycles. The van der Waals surface area contributed by atoms with Crippen molar-refractivity contribution in [1.82, 2.24) is 20.1 Å². The van der Waals surface area contributed by atoms with Gasteiger partial charge in [0, 0.05) is 6.04 Å². The number of nitrogens with zero attached hydrogens (tertiary/aromatic N) is 4. The highest BCUT2D eigenvalue weighted by Crippen LogP contribution is 2.23. The minimum absolute atomic E-state index is 0.0188. The van der Waals surface area contributed by atoms with Gasteiger partial charge in [-0.05, 0) is 25.1 Å². The molecular weight excluding hydrogens is 245 g/mol. The largest absolute Gasteiger partial charge is 0.310 e.